The van der Waals surface area contributed by atoms with Gasteiger partial charge < -0.3 is 24.4 Å². The zero-order chi connectivity index (χ0) is 14.4. The largest absolute Gasteiger partial charge is 0.490 e. The molecule has 0 spiro atoms. The number of aliphatic hydroxyl groups excluding tert-OH is 2. The summed E-state index contributed by atoms with van der Waals surface area (Å²) < 4.78 is 16.6. The van der Waals surface area contributed by atoms with Gasteiger partial charge >= 0.3 is 0 Å². The summed E-state index contributed by atoms with van der Waals surface area (Å²) in [5, 5.41) is 18.8. The van der Waals surface area contributed by atoms with E-state index in [1.807, 2.05) is 0 Å². The Labute approximate surface area is 118 Å². The maximum Gasteiger partial charge on any atom is 0.202 e. The number of ether oxygens (including phenoxy) is 3. The highest BCUT2D eigenvalue weighted by Gasteiger charge is 2.29. The topological polar surface area (TPSA) is 68.2 Å². The fourth-order valence-electron chi connectivity index (χ4n) is 2.06. The third-order valence-corrected chi connectivity index (χ3v) is 3.01. The molecular formula is C15H20O5. The molecule has 1 saturated heterocycles. The number of hydrogen-bond donors (Lipinski definition) is 2. The van der Waals surface area contributed by atoms with Crippen molar-refractivity contribution in [3.8, 4) is 11.5 Å². The first-order chi connectivity index (χ1) is 9.71. The van der Waals surface area contributed by atoms with Gasteiger partial charge in [-0.3, -0.25) is 0 Å². The Bertz CT molecular complexity index is 417. The van der Waals surface area contributed by atoms with E-state index in [2.05, 4.69) is 6.58 Å². The van der Waals surface area contributed by atoms with E-state index in [1.54, 1.807) is 30.3 Å². The molecule has 1 aromatic rings. The highest BCUT2D eigenvalue weighted by atomic mass is 16.7. The minimum Gasteiger partial charge on any atom is -0.490 e. The summed E-state index contributed by atoms with van der Waals surface area (Å²) in [6, 6.07) is 7.14. The summed E-state index contributed by atoms with van der Waals surface area (Å²) in [5.41, 5.74) is 0. The molecule has 3 atom stereocenters. The van der Waals surface area contributed by atoms with Gasteiger partial charge in [0.2, 0.25) is 6.29 Å². The van der Waals surface area contributed by atoms with Crippen molar-refractivity contribution in [3.63, 3.8) is 0 Å². The van der Waals surface area contributed by atoms with Crippen LogP contribution in [0, 0.1) is 0 Å². The smallest absolute Gasteiger partial charge is 0.202 e. The molecule has 5 nitrogen and oxygen atoms in total. The highest BCUT2D eigenvalue weighted by Crippen LogP contribution is 2.24. The number of benzene rings is 1. The molecule has 0 aliphatic carbocycles. The molecule has 3 unspecified atom stereocenters. The first kappa shape index (κ1) is 14.8. The minimum absolute atomic E-state index is 0.120. The summed E-state index contributed by atoms with van der Waals surface area (Å²) >= 11 is 0. The molecule has 1 fully saturated rings. The van der Waals surface area contributed by atoms with Crippen LogP contribution in [-0.4, -0.2) is 41.9 Å². The number of hydrogen-bond acceptors (Lipinski definition) is 5. The van der Waals surface area contributed by atoms with Crippen molar-refractivity contribution in [3.05, 3.63) is 36.9 Å². The molecule has 1 aliphatic heterocycles. The lowest BCUT2D eigenvalue weighted by atomic mass is 10.1. The molecule has 1 heterocycles. The van der Waals surface area contributed by atoms with Crippen molar-refractivity contribution in [2.45, 2.75) is 31.3 Å². The molecule has 0 bridgehead atoms. The van der Waals surface area contributed by atoms with Gasteiger partial charge in [-0.2, -0.15) is 0 Å². The first-order valence-electron chi connectivity index (χ1n) is 6.66. The summed E-state index contributed by atoms with van der Waals surface area (Å²) in [7, 11) is 0. The molecule has 2 rings (SSSR count). The molecule has 110 valence electrons. The monoisotopic (exact) mass is 280 g/mol. The third kappa shape index (κ3) is 4.23. The minimum atomic E-state index is -0.546. The van der Waals surface area contributed by atoms with Crippen LogP contribution in [-0.2, 0) is 4.74 Å². The van der Waals surface area contributed by atoms with E-state index in [0.29, 0.717) is 25.2 Å². The summed E-state index contributed by atoms with van der Waals surface area (Å²) in [6.45, 7) is 3.92. The van der Waals surface area contributed by atoms with Crippen molar-refractivity contribution in [2.75, 3.05) is 13.2 Å². The second kappa shape index (κ2) is 7.28. The molecular weight excluding hydrogens is 260 g/mol. The van der Waals surface area contributed by atoms with Crippen LogP contribution in [0.4, 0.5) is 0 Å². The van der Waals surface area contributed by atoms with E-state index in [9.17, 15) is 5.11 Å². The SMILES string of the molecule is C=CCOc1ccc(OC2CC(O)CC(CO)O2)cc1. The van der Waals surface area contributed by atoms with Crippen LogP contribution in [0.2, 0.25) is 0 Å². The van der Waals surface area contributed by atoms with Gasteiger partial charge in [-0.1, -0.05) is 12.7 Å². The summed E-state index contributed by atoms with van der Waals surface area (Å²) in [4.78, 5) is 0. The average molecular weight is 280 g/mol. The van der Waals surface area contributed by atoms with E-state index in [1.165, 1.54) is 0 Å². The maximum atomic E-state index is 9.70. The Morgan fingerprint density at radius 1 is 1.25 bits per heavy atom. The highest BCUT2D eigenvalue weighted by molar-refractivity contribution is 5.31. The van der Waals surface area contributed by atoms with Gasteiger partial charge in [0.05, 0.1) is 18.8 Å². The zero-order valence-corrected chi connectivity index (χ0v) is 11.3. The fourth-order valence-corrected chi connectivity index (χ4v) is 2.06. The lowest BCUT2D eigenvalue weighted by molar-refractivity contribution is -0.184. The maximum absolute atomic E-state index is 9.70. The van der Waals surface area contributed by atoms with Gasteiger partial charge in [0.15, 0.2) is 0 Å². The first-order valence-corrected chi connectivity index (χ1v) is 6.66. The molecule has 20 heavy (non-hydrogen) atoms. The Hall–Kier alpha value is -1.56. The van der Waals surface area contributed by atoms with Crippen LogP contribution in [0.3, 0.4) is 0 Å². The summed E-state index contributed by atoms with van der Waals surface area (Å²) in [5.74, 6) is 1.36. The Morgan fingerprint density at radius 3 is 2.60 bits per heavy atom. The van der Waals surface area contributed by atoms with Gasteiger partial charge in [-0.15, -0.1) is 0 Å². The second-order valence-electron chi connectivity index (χ2n) is 4.68. The van der Waals surface area contributed by atoms with Crippen molar-refractivity contribution in [2.24, 2.45) is 0 Å². The predicted molar refractivity (Wildman–Crippen MR) is 73.7 cm³/mol. The van der Waals surface area contributed by atoms with Gasteiger partial charge in [0.1, 0.15) is 18.1 Å². The van der Waals surface area contributed by atoms with Crippen LogP contribution >= 0.6 is 0 Å². The quantitative estimate of drug-likeness (QED) is 0.773. The van der Waals surface area contributed by atoms with Crippen molar-refractivity contribution in [1.82, 2.24) is 0 Å². The van der Waals surface area contributed by atoms with Crippen molar-refractivity contribution < 1.29 is 24.4 Å². The molecule has 0 aromatic heterocycles. The average Bonchev–Trinajstić information content (AvgIpc) is 2.46. The van der Waals surface area contributed by atoms with Gasteiger partial charge in [0, 0.05) is 12.8 Å². The lowest BCUT2D eigenvalue weighted by Crippen LogP contribution is -2.40. The van der Waals surface area contributed by atoms with E-state index < -0.39 is 12.4 Å². The van der Waals surface area contributed by atoms with E-state index >= 15 is 0 Å². The molecule has 0 radical (unpaired) electrons. The van der Waals surface area contributed by atoms with E-state index in [4.69, 9.17) is 19.3 Å². The van der Waals surface area contributed by atoms with E-state index in [-0.39, 0.29) is 12.7 Å². The van der Waals surface area contributed by atoms with Gasteiger partial charge in [-0.25, -0.2) is 0 Å². The van der Waals surface area contributed by atoms with Crippen molar-refractivity contribution in [1.29, 1.82) is 0 Å². The van der Waals surface area contributed by atoms with Gasteiger partial charge in [0.25, 0.3) is 0 Å². The van der Waals surface area contributed by atoms with Crippen LogP contribution < -0.4 is 9.47 Å². The lowest BCUT2D eigenvalue weighted by Gasteiger charge is -2.32. The fraction of sp³-hybridized carbons (Fsp3) is 0.467. The molecule has 0 saturated carbocycles. The normalized spacial score (nSPS) is 26.0. The zero-order valence-electron chi connectivity index (χ0n) is 11.3. The van der Waals surface area contributed by atoms with Crippen LogP contribution in [0.25, 0.3) is 0 Å². The Morgan fingerprint density at radius 2 is 1.95 bits per heavy atom. The third-order valence-electron chi connectivity index (χ3n) is 3.01. The Kier molecular flexibility index (Phi) is 5.40. The number of aliphatic hydroxyl groups is 2. The Balaban J connectivity index is 1.90. The molecule has 2 N–H and O–H groups in total. The van der Waals surface area contributed by atoms with E-state index in [0.717, 1.165) is 5.75 Å². The second-order valence-corrected chi connectivity index (χ2v) is 4.68. The summed E-state index contributed by atoms with van der Waals surface area (Å²) in [6.07, 6.45) is 1.07. The standard InChI is InChI=1S/C15H20O5/c1-2-7-18-12-3-5-13(6-4-12)19-15-9-11(17)8-14(10-16)20-15/h2-6,11,14-17H,1,7-10H2. The van der Waals surface area contributed by atoms with Crippen molar-refractivity contribution >= 4 is 0 Å². The number of rotatable bonds is 6. The van der Waals surface area contributed by atoms with Crippen LogP contribution in [0.1, 0.15) is 12.8 Å². The predicted octanol–water partition coefficient (Wildman–Crippen LogP) is 1.49. The van der Waals surface area contributed by atoms with Gasteiger partial charge in [-0.05, 0) is 24.3 Å². The van der Waals surface area contributed by atoms with Crippen LogP contribution in [0.5, 0.6) is 11.5 Å². The molecule has 1 aromatic carbocycles. The molecule has 5 heteroatoms. The molecule has 0 amide bonds. The molecule has 1 aliphatic rings. The van der Waals surface area contributed by atoms with Crippen LogP contribution in [0.15, 0.2) is 36.9 Å².